The Bertz CT molecular complexity index is 475. The maximum atomic E-state index is 5.73. The Labute approximate surface area is 121 Å². The SMILES string of the molecule is Cc1cc(CN)nc(N2CCC3C(CCCN3C)C2)n1. The first kappa shape index (κ1) is 13.8. The molecule has 0 saturated carbocycles. The Morgan fingerprint density at radius 2 is 2.15 bits per heavy atom. The van der Waals surface area contributed by atoms with E-state index in [4.69, 9.17) is 5.73 Å². The van der Waals surface area contributed by atoms with E-state index in [1.807, 2.05) is 13.0 Å². The predicted octanol–water partition coefficient (Wildman–Crippen LogP) is 1.16. The van der Waals surface area contributed by atoms with Crippen molar-refractivity contribution in [2.75, 3.05) is 31.6 Å². The number of fused-ring (bicyclic) bond motifs is 1. The van der Waals surface area contributed by atoms with Crippen molar-refractivity contribution in [3.63, 3.8) is 0 Å². The van der Waals surface area contributed by atoms with Gasteiger partial charge in [-0.25, -0.2) is 9.97 Å². The van der Waals surface area contributed by atoms with Crippen molar-refractivity contribution in [3.8, 4) is 0 Å². The number of rotatable bonds is 2. The van der Waals surface area contributed by atoms with Gasteiger partial charge in [-0.3, -0.25) is 0 Å². The molecule has 2 N–H and O–H groups in total. The average molecular weight is 275 g/mol. The highest BCUT2D eigenvalue weighted by Gasteiger charge is 2.34. The third kappa shape index (κ3) is 2.65. The number of aromatic nitrogens is 2. The molecular weight excluding hydrogens is 250 g/mol. The topological polar surface area (TPSA) is 58.3 Å². The van der Waals surface area contributed by atoms with Crippen molar-refractivity contribution in [2.24, 2.45) is 11.7 Å². The molecule has 2 saturated heterocycles. The van der Waals surface area contributed by atoms with Crippen LogP contribution in [0.15, 0.2) is 6.07 Å². The van der Waals surface area contributed by atoms with Crippen molar-refractivity contribution in [3.05, 3.63) is 17.5 Å². The van der Waals surface area contributed by atoms with Crippen LogP contribution in [0, 0.1) is 12.8 Å². The van der Waals surface area contributed by atoms with E-state index in [2.05, 4.69) is 26.8 Å². The van der Waals surface area contributed by atoms with Crippen LogP contribution in [0.2, 0.25) is 0 Å². The summed E-state index contributed by atoms with van der Waals surface area (Å²) >= 11 is 0. The lowest BCUT2D eigenvalue weighted by Gasteiger charge is -2.46. The fourth-order valence-electron chi connectivity index (χ4n) is 3.70. The van der Waals surface area contributed by atoms with Crippen LogP contribution < -0.4 is 10.6 Å². The second kappa shape index (κ2) is 5.66. The van der Waals surface area contributed by atoms with Crippen molar-refractivity contribution >= 4 is 5.95 Å². The van der Waals surface area contributed by atoms with E-state index in [9.17, 15) is 0 Å². The van der Waals surface area contributed by atoms with E-state index in [-0.39, 0.29) is 0 Å². The lowest BCUT2D eigenvalue weighted by atomic mass is 9.84. The first-order valence-corrected chi connectivity index (χ1v) is 7.67. The van der Waals surface area contributed by atoms with Gasteiger partial charge in [0.2, 0.25) is 5.95 Å². The highest BCUT2D eigenvalue weighted by atomic mass is 15.3. The summed E-state index contributed by atoms with van der Waals surface area (Å²) in [5.41, 5.74) is 7.68. The summed E-state index contributed by atoms with van der Waals surface area (Å²) in [5.74, 6) is 1.63. The monoisotopic (exact) mass is 275 g/mol. The Balaban J connectivity index is 1.77. The number of hydrogen-bond donors (Lipinski definition) is 1. The fourth-order valence-corrected chi connectivity index (χ4v) is 3.70. The molecular formula is C15H25N5. The minimum absolute atomic E-state index is 0.485. The van der Waals surface area contributed by atoms with E-state index >= 15 is 0 Å². The van der Waals surface area contributed by atoms with Crippen LogP contribution in [0.25, 0.3) is 0 Å². The number of nitrogens with zero attached hydrogens (tertiary/aromatic N) is 4. The number of nitrogens with two attached hydrogens (primary N) is 1. The van der Waals surface area contributed by atoms with Gasteiger partial charge in [-0.05, 0) is 51.8 Å². The highest BCUT2D eigenvalue weighted by Crippen LogP contribution is 2.30. The molecule has 2 fully saturated rings. The fraction of sp³-hybridized carbons (Fsp3) is 0.733. The number of piperidine rings is 2. The normalized spacial score (nSPS) is 27.4. The summed E-state index contributed by atoms with van der Waals surface area (Å²) in [7, 11) is 2.27. The zero-order chi connectivity index (χ0) is 14.1. The third-order valence-electron chi connectivity index (χ3n) is 4.73. The molecule has 110 valence electrons. The first-order chi connectivity index (χ1) is 9.67. The predicted molar refractivity (Wildman–Crippen MR) is 80.6 cm³/mol. The summed E-state index contributed by atoms with van der Waals surface area (Å²) in [6.07, 6.45) is 3.87. The average Bonchev–Trinajstić information content (AvgIpc) is 2.46. The molecule has 5 heteroatoms. The number of hydrogen-bond acceptors (Lipinski definition) is 5. The van der Waals surface area contributed by atoms with Gasteiger partial charge < -0.3 is 15.5 Å². The molecule has 0 aromatic carbocycles. The van der Waals surface area contributed by atoms with Crippen molar-refractivity contribution in [2.45, 2.75) is 38.8 Å². The number of aryl methyl sites for hydroxylation is 1. The largest absolute Gasteiger partial charge is 0.340 e. The van der Waals surface area contributed by atoms with Crippen LogP contribution in [-0.4, -0.2) is 47.6 Å². The summed E-state index contributed by atoms with van der Waals surface area (Å²) in [6.45, 7) is 5.89. The molecule has 0 spiro atoms. The van der Waals surface area contributed by atoms with Gasteiger partial charge in [-0.1, -0.05) is 0 Å². The van der Waals surface area contributed by atoms with Gasteiger partial charge >= 0.3 is 0 Å². The van der Waals surface area contributed by atoms with E-state index in [1.165, 1.54) is 25.8 Å². The van der Waals surface area contributed by atoms with Crippen LogP contribution >= 0.6 is 0 Å². The van der Waals surface area contributed by atoms with Crippen LogP contribution in [-0.2, 0) is 6.54 Å². The molecule has 1 aromatic rings. The lowest BCUT2D eigenvalue weighted by Crippen LogP contribution is -2.53. The maximum Gasteiger partial charge on any atom is 0.225 e. The van der Waals surface area contributed by atoms with Gasteiger partial charge in [0.25, 0.3) is 0 Å². The van der Waals surface area contributed by atoms with E-state index in [1.54, 1.807) is 0 Å². The van der Waals surface area contributed by atoms with Gasteiger partial charge in [0, 0.05) is 31.4 Å². The summed E-state index contributed by atoms with van der Waals surface area (Å²) in [5, 5.41) is 0. The molecule has 2 aliphatic rings. The molecule has 0 aliphatic carbocycles. The third-order valence-corrected chi connectivity index (χ3v) is 4.73. The Hall–Kier alpha value is -1.20. The lowest BCUT2D eigenvalue weighted by molar-refractivity contribution is 0.102. The van der Waals surface area contributed by atoms with Crippen LogP contribution in [0.4, 0.5) is 5.95 Å². The molecule has 2 atom stereocenters. The zero-order valence-electron chi connectivity index (χ0n) is 12.5. The van der Waals surface area contributed by atoms with Crippen LogP contribution in [0.5, 0.6) is 0 Å². The molecule has 2 unspecified atom stereocenters. The van der Waals surface area contributed by atoms with Crippen LogP contribution in [0.1, 0.15) is 30.7 Å². The second-order valence-corrected chi connectivity index (χ2v) is 6.19. The first-order valence-electron chi connectivity index (χ1n) is 7.67. The molecule has 2 aliphatic heterocycles. The minimum Gasteiger partial charge on any atom is -0.340 e. The van der Waals surface area contributed by atoms with Gasteiger partial charge in [-0.15, -0.1) is 0 Å². The Morgan fingerprint density at radius 1 is 1.30 bits per heavy atom. The molecule has 3 rings (SSSR count). The molecule has 0 radical (unpaired) electrons. The zero-order valence-corrected chi connectivity index (χ0v) is 12.5. The standard InChI is InChI=1S/C15H25N5/c1-11-8-13(9-16)18-15(17-11)20-7-5-14-12(10-20)4-3-6-19(14)2/h8,12,14H,3-7,9-10,16H2,1-2H3. The second-order valence-electron chi connectivity index (χ2n) is 6.19. The van der Waals surface area contributed by atoms with E-state index in [0.29, 0.717) is 6.54 Å². The van der Waals surface area contributed by atoms with Crippen molar-refractivity contribution < 1.29 is 0 Å². The summed E-state index contributed by atoms with van der Waals surface area (Å²) in [4.78, 5) is 14.1. The molecule has 0 amide bonds. The molecule has 1 aromatic heterocycles. The molecule has 20 heavy (non-hydrogen) atoms. The van der Waals surface area contributed by atoms with Crippen molar-refractivity contribution in [1.82, 2.24) is 14.9 Å². The minimum atomic E-state index is 0.485. The molecule has 3 heterocycles. The van der Waals surface area contributed by atoms with E-state index < -0.39 is 0 Å². The molecule has 0 bridgehead atoms. The summed E-state index contributed by atoms with van der Waals surface area (Å²) < 4.78 is 0. The van der Waals surface area contributed by atoms with Gasteiger partial charge in [0.1, 0.15) is 0 Å². The van der Waals surface area contributed by atoms with E-state index in [0.717, 1.165) is 42.4 Å². The summed E-state index contributed by atoms with van der Waals surface area (Å²) in [6, 6.07) is 2.73. The van der Waals surface area contributed by atoms with Gasteiger partial charge in [0.05, 0.1) is 5.69 Å². The maximum absolute atomic E-state index is 5.73. The van der Waals surface area contributed by atoms with Crippen LogP contribution in [0.3, 0.4) is 0 Å². The van der Waals surface area contributed by atoms with Crippen molar-refractivity contribution in [1.29, 1.82) is 0 Å². The van der Waals surface area contributed by atoms with Gasteiger partial charge in [0.15, 0.2) is 0 Å². The Morgan fingerprint density at radius 3 is 2.95 bits per heavy atom. The molecule has 5 nitrogen and oxygen atoms in total. The quantitative estimate of drug-likeness (QED) is 0.878. The smallest absolute Gasteiger partial charge is 0.225 e. The number of anilines is 1. The highest BCUT2D eigenvalue weighted by molar-refractivity contribution is 5.33. The van der Waals surface area contributed by atoms with Gasteiger partial charge in [-0.2, -0.15) is 0 Å². The Kier molecular flexibility index (Phi) is 3.89. The number of likely N-dealkylation sites (tertiary alicyclic amines) is 1.